The van der Waals surface area contributed by atoms with Gasteiger partial charge in [0.2, 0.25) is 0 Å². The van der Waals surface area contributed by atoms with Gasteiger partial charge in [0, 0.05) is 38.3 Å². The van der Waals surface area contributed by atoms with Gasteiger partial charge in [-0.05, 0) is 75.1 Å². The van der Waals surface area contributed by atoms with Crippen LogP contribution < -0.4 is 9.64 Å². The minimum Gasteiger partial charge on any atom is -0.493 e. The highest BCUT2D eigenvalue weighted by atomic mass is 16.6. The van der Waals surface area contributed by atoms with Crippen molar-refractivity contribution in [3.05, 3.63) is 59.3 Å². The number of ether oxygens (including phenoxy) is 3. The van der Waals surface area contributed by atoms with Gasteiger partial charge in [-0.1, -0.05) is 12.1 Å². The third-order valence-corrected chi connectivity index (χ3v) is 6.08. The van der Waals surface area contributed by atoms with Crippen LogP contribution in [0, 0.1) is 0 Å². The molecular weight excluding hydrogens is 458 g/mol. The van der Waals surface area contributed by atoms with Crippen molar-refractivity contribution in [3.63, 3.8) is 0 Å². The van der Waals surface area contributed by atoms with E-state index >= 15 is 0 Å². The van der Waals surface area contributed by atoms with E-state index in [2.05, 4.69) is 28.1 Å². The summed E-state index contributed by atoms with van der Waals surface area (Å²) < 4.78 is 16.3. The molecule has 36 heavy (non-hydrogen) atoms. The van der Waals surface area contributed by atoms with E-state index in [4.69, 9.17) is 14.2 Å². The molecule has 0 aliphatic carbocycles. The molecule has 2 aromatic rings. The number of hydrogen-bond acceptors (Lipinski definition) is 7. The molecule has 1 saturated heterocycles. The van der Waals surface area contributed by atoms with Gasteiger partial charge in [-0.2, -0.15) is 0 Å². The smallest absolute Gasteiger partial charge is 0.416 e. The lowest BCUT2D eigenvalue weighted by Gasteiger charge is -2.31. The Morgan fingerprint density at radius 1 is 1.25 bits per heavy atom. The van der Waals surface area contributed by atoms with E-state index < -0.39 is 17.7 Å². The first-order valence-electron chi connectivity index (χ1n) is 12.5. The van der Waals surface area contributed by atoms with Crippen LogP contribution >= 0.6 is 0 Å². The first-order valence-corrected chi connectivity index (χ1v) is 12.5. The number of pyridine rings is 1. The van der Waals surface area contributed by atoms with E-state index in [1.54, 1.807) is 30.2 Å². The van der Waals surface area contributed by atoms with Crippen molar-refractivity contribution in [1.29, 1.82) is 0 Å². The summed E-state index contributed by atoms with van der Waals surface area (Å²) in [4.78, 5) is 33.4. The quantitative estimate of drug-likeness (QED) is 0.412. The largest absolute Gasteiger partial charge is 0.493 e. The molecule has 2 aliphatic heterocycles. The molecule has 8 heteroatoms. The number of esters is 1. The topological polar surface area (TPSA) is 81.2 Å². The lowest BCUT2D eigenvalue weighted by atomic mass is 10.1. The van der Waals surface area contributed by atoms with Gasteiger partial charge >= 0.3 is 12.1 Å². The van der Waals surface area contributed by atoms with Gasteiger partial charge in [0.15, 0.2) is 0 Å². The second-order valence-electron chi connectivity index (χ2n) is 10.1. The average Bonchev–Trinajstić information content (AvgIpc) is 3.47. The lowest BCUT2D eigenvalue weighted by molar-refractivity contribution is -0.137. The van der Waals surface area contributed by atoms with Crippen LogP contribution in [0.5, 0.6) is 5.75 Å². The molecule has 192 valence electrons. The number of aromatic nitrogens is 1. The highest BCUT2D eigenvalue weighted by Crippen LogP contribution is 2.29. The van der Waals surface area contributed by atoms with Crippen LogP contribution in [0.25, 0.3) is 6.08 Å². The fraction of sp³-hybridized carbons (Fsp3) is 0.464. The molecule has 1 fully saturated rings. The monoisotopic (exact) mass is 493 g/mol. The first-order chi connectivity index (χ1) is 17.2. The zero-order valence-corrected chi connectivity index (χ0v) is 21.5. The van der Waals surface area contributed by atoms with Crippen LogP contribution in [0.4, 0.5) is 10.6 Å². The number of rotatable bonds is 7. The minimum absolute atomic E-state index is 0.0639. The Kier molecular flexibility index (Phi) is 7.94. The Balaban J connectivity index is 1.48. The second-order valence-corrected chi connectivity index (χ2v) is 10.1. The van der Waals surface area contributed by atoms with Crippen LogP contribution in [-0.4, -0.2) is 59.9 Å². The van der Waals surface area contributed by atoms with Crippen molar-refractivity contribution in [2.24, 2.45) is 0 Å². The molecule has 8 nitrogen and oxygen atoms in total. The van der Waals surface area contributed by atoms with Gasteiger partial charge in [0.05, 0.1) is 19.3 Å². The van der Waals surface area contributed by atoms with Gasteiger partial charge in [-0.15, -0.1) is 0 Å². The van der Waals surface area contributed by atoms with E-state index in [1.807, 2.05) is 26.8 Å². The molecule has 0 bridgehead atoms. The Bertz CT molecular complexity index is 1110. The summed E-state index contributed by atoms with van der Waals surface area (Å²) in [6.07, 6.45) is 6.01. The van der Waals surface area contributed by atoms with E-state index in [0.717, 1.165) is 50.4 Å². The van der Waals surface area contributed by atoms with Gasteiger partial charge in [-0.3, -0.25) is 9.80 Å². The maximum Gasteiger partial charge on any atom is 0.416 e. The Morgan fingerprint density at radius 3 is 2.81 bits per heavy atom. The van der Waals surface area contributed by atoms with Crippen LogP contribution in [0.2, 0.25) is 0 Å². The van der Waals surface area contributed by atoms with Crippen LogP contribution in [-0.2, 0) is 27.2 Å². The molecule has 3 heterocycles. The summed E-state index contributed by atoms with van der Waals surface area (Å²) in [5.74, 6) is 1.11. The molecule has 1 atom stereocenters. The molecule has 1 aromatic carbocycles. The highest BCUT2D eigenvalue weighted by Gasteiger charge is 2.35. The number of likely N-dealkylation sites (tertiary alicyclic amines) is 1. The number of nitrogens with zero attached hydrogens (tertiary/aromatic N) is 3. The molecule has 4 rings (SSSR count). The number of carbonyl (C=O) groups excluding carboxylic acids is 2. The lowest BCUT2D eigenvalue weighted by Crippen LogP contribution is -2.45. The number of benzene rings is 1. The zero-order chi connectivity index (χ0) is 25.7. The van der Waals surface area contributed by atoms with Gasteiger partial charge in [0.1, 0.15) is 17.2 Å². The molecule has 0 radical (unpaired) electrons. The normalized spacial score (nSPS) is 17.6. The minimum atomic E-state index is -0.623. The molecular formula is C28H35N3O5. The number of fused-ring (bicyclic) bond motifs is 1. The number of amides is 1. The van der Waals surface area contributed by atoms with Crippen LogP contribution in [0.15, 0.2) is 42.6 Å². The number of anilines is 1. The van der Waals surface area contributed by atoms with E-state index in [0.29, 0.717) is 12.4 Å². The number of hydrogen-bond donors (Lipinski definition) is 0. The van der Waals surface area contributed by atoms with Gasteiger partial charge in [-0.25, -0.2) is 14.6 Å². The molecule has 0 N–H and O–H groups in total. The fourth-order valence-electron chi connectivity index (χ4n) is 4.50. The fourth-order valence-corrected chi connectivity index (χ4v) is 4.50. The SMILES string of the molecule is CCOC(=O)C=Cc1ccc(N(C(=O)OC(C)(C)C)[C@@H]2CCN(Cc3ccc4c(c3)CCO4)C2)nc1. The van der Waals surface area contributed by atoms with Gasteiger partial charge in [0.25, 0.3) is 0 Å². The predicted molar refractivity (Wildman–Crippen MR) is 138 cm³/mol. The molecule has 2 aliphatic rings. The van der Waals surface area contributed by atoms with Crippen LogP contribution in [0.1, 0.15) is 50.8 Å². The summed E-state index contributed by atoms with van der Waals surface area (Å²) >= 11 is 0. The van der Waals surface area contributed by atoms with Crippen molar-refractivity contribution < 1.29 is 23.8 Å². The standard InChI is InChI=1S/C28H35N3O5/c1-5-34-26(32)11-8-20-7-10-25(29-17-20)31(27(33)36-28(2,3)4)23-12-14-30(19-23)18-21-6-9-24-22(16-21)13-15-35-24/h6-11,16-17,23H,5,12-15,18-19H2,1-4H3/t23-/m1/s1. The van der Waals surface area contributed by atoms with Crippen molar-refractivity contribution in [2.75, 3.05) is 31.2 Å². The second kappa shape index (κ2) is 11.1. The van der Waals surface area contributed by atoms with Crippen molar-refractivity contribution in [3.8, 4) is 5.75 Å². The van der Waals surface area contributed by atoms with E-state index in [9.17, 15) is 9.59 Å². The molecule has 1 aromatic heterocycles. The van der Waals surface area contributed by atoms with E-state index in [-0.39, 0.29) is 6.04 Å². The third-order valence-electron chi connectivity index (χ3n) is 6.08. The number of carbonyl (C=O) groups is 2. The summed E-state index contributed by atoms with van der Waals surface area (Å²) in [7, 11) is 0. The maximum atomic E-state index is 13.3. The first kappa shape index (κ1) is 25.7. The Hall–Kier alpha value is -3.39. The van der Waals surface area contributed by atoms with Crippen LogP contribution in [0.3, 0.4) is 0 Å². The molecule has 0 unspecified atom stereocenters. The zero-order valence-electron chi connectivity index (χ0n) is 21.5. The Morgan fingerprint density at radius 2 is 2.08 bits per heavy atom. The summed E-state index contributed by atoms with van der Waals surface area (Å²) in [6.45, 7) is 10.8. The van der Waals surface area contributed by atoms with Gasteiger partial charge < -0.3 is 14.2 Å². The predicted octanol–water partition coefficient (Wildman–Crippen LogP) is 4.61. The molecule has 1 amide bonds. The molecule has 0 saturated carbocycles. The highest BCUT2D eigenvalue weighted by molar-refractivity contribution is 5.88. The van der Waals surface area contributed by atoms with Crippen molar-refractivity contribution >= 4 is 24.0 Å². The maximum absolute atomic E-state index is 13.3. The molecule has 0 spiro atoms. The average molecular weight is 494 g/mol. The summed E-state index contributed by atoms with van der Waals surface area (Å²) in [5.41, 5.74) is 2.63. The summed E-state index contributed by atoms with van der Waals surface area (Å²) in [6, 6.07) is 9.96. The summed E-state index contributed by atoms with van der Waals surface area (Å²) in [5, 5.41) is 0. The van der Waals surface area contributed by atoms with E-state index in [1.165, 1.54) is 17.2 Å². The van der Waals surface area contributed by atoms with Crippen molar-refractivity contribution in [2.45, 2.75) is 58.7 Å². The van der Waals surface area contributed by atoms with Crippen molar-refractivity contribution in [1.82, 2.24) is 9.88 Å². The third kappa shape index (κ3) is 6.63. The Labute approximate surface area is 212 Å².